The first-order valence-electron chi connectivity index (χ1n) is 2.78. The average Bonchev–Trinajstić information content (AvgIpc) is 2.03. The molecule has 4 nitrogen and oxygen atoms in total. The third kappa shape index (κ3) is 1.81. The lowest BCUT2D eigenvalue weighted by Crippen LogP contribution is -1.88. The van der Waals surface area contributed by atoms with E-state index in [4.69, 9.17) is 0 Å². The third-order valence-electron chi connectivity index (χ3n) is 0.991. The Hall–Kier alpha value is -1.45. The van der Waals surface area contributed by atoms with Gasteiger partial charge in [0.25, 0.3) is 0 Å². The van der Waals surface area contributed by atoms with Gasteiger partial charge in [0, 0.05) is 6.20 Å². The van der Waals surface area contributed by atoms with Crippen molar-refractivity contribution in [1.82, 2.24) is 4.98 Å². The third-order valence-corrected chi connectivity index (χ3v) is 0.991. The van der Waals surface area contributed by atoms with Crippen molar-refractivity contribution in [3.05, 3.63) is 35.0 Å². The molecule has 52 valence electrons. The number of hydrogen-bond acceptors (Lipinski definition) is 4. The van der Waals surface area contributed by atoms with Gasteiger partial charge in [0.2, 0.25) is 0 Å². The molecule has 0 aliphatic rings. The minimum absolute atomic E-state index is 0.143. The maximum Gasteiger partial charge on any atom is 0.162 e. The van der Waals surface area contributed by atoms with E-state index in [1.54, 1.807) is 18.3 Å². The highest BCUT2D eigenvalue weighted by atomic mass is 16.7. The van der Waals surface area contributed by atoms with Gasteiger partial charge in [-0.1, -0.05) is 6.07 Å². The molecular formula is C6H6N2O2. The number of pyridine rings is 1. The number of aromatic nitrogens is 1. The van der Waals surface area contributed by atoms with E-state index >= 15 is 0 Å². The molecule has 0 saturated carbocycles. The zero-order valence-corrected chi connectivity index (χ0v) is 5.23. The second-order valence-electron chi connectivity index (χ2n) is 1.67. The molecule has 0 aliphatic carbocycles. The normalized spacial score (nSPS) is 8.80. The SMILES string of the molecule is O=NOCc1ccccn1. The lowest BCUT2D eigenvalue weighted by molar-refractivity contribution is 0.123. The maximum absolute atomic E-state index is 9.48. The Kier molecular flexibility index (Phi) is 2.37. The van der Waals surface area contributed by atoms with Gasteiger partial charge in [-0.25, -0.2) is 0 Å². The molecule has 0 N–H and O–H groups in total. The van der Waals surface area contributed by atoms with E-state index in [9.17, 15) is 4.91 Å². The van der Waals surface area contributed by atoms with E-state index in [0.717, 1.165) is 0 Å². The van der Waals surface area contributed by atoms with E-state index in [1.807, 2.05) is 6.07 Å². The van der Waals surface area contributed by atoms with Crippen LogP contribution in [0.5, 0.6) is 0 Å². The summed E-state index contributed by atoms with van der Waals surface area (Å²) >= 11 is 0. The van der Waals surface area contributed by atoms with E-state index < -0.39 is 0 Å². The van der Waals surface area contributed by atoms with Crippen molar-refractivity contribution >= 4 is 0 Å². The molecule has 1 rings (SSSR count). The van der Waals surface area contributed by atoms with Crippen LogP contribution in [0.1, 0.15) is 5.69 Å². The Balaban J connectivity index is 2.50. The number of hydrogen-bond donors (Lipinski definition) is 0. The van der Waals surface area contributed by atoms with Crippen LogP contribution in [0.3, 0.4) is 0 Å². The fraction of sp³-hybridized carbons (Fsp3) is 0.167. The molecule has 0 aliphatic heterocycles. The minimum Gasteiger partial charge on any atom is -0.358 e. The molecule has 0 amide bonds. The largest absolute Gasteiger partial charge is 0.358 e. The first-order chi connectivity index (χ1) is 4.93. The van der Waals surface area contributed by atoms with Crippen LogP contribution >= 0.6 is 0 Å². The van der Waals surface area contributed by atoms with Crippen molar-refractivity contribution in [1.29, 1.82) is 0 Å². The highest BCUT2D eigenvalue weighted by molar-refractivity contribution is 5.01. The second-order valence-corrected chi connectivity index (χ2v) is 1.67. The van der Waals surface area contributed by atoms with Gasteiger partial charge in [0.05, 0.1) is 5.69 Å². The average molecular weight is 138 g/mol. The van der Waals surface area contributed by atoms with Gasteiger partial charge < -0.3 is 4.84 Å². The number of rotatable bonds is 3. The van der Waals surface area contributed by atoms with E-state index in [0.29, 0.717) is 5.69 Å². The van der Waals surface area contributed by atoms with Crippen LogP contribution in [0.15, 0.2) is 29.7 Å². The first-order valence-corrected chi connectivity index (χ1v) is 2.78. The molecular weight excluding hydrogens is 132 g/mol. The van der Waals surface area contributed by atoms with Crippen LogP contribution in [0, 0.1) is 4.91 Å². The predicted octanol–water partition coefficient (Wildman–Crippen LogP) is 1.28. The number of nitrogens with zero attached hydrogens (tertiary/aromatic N) is 2. The zero-order valence-electron chi connectivity index (χ0n) is 5.23. The van der Waals surface area contributed by atoms with E-state index in [1.165, 1.54) is 0 Å². The lowest BCUT2D eigenvalue weighted by Gasteiger charge is -1.92. The molecule has 0 fully saturated rings. The molecule has 0 unspecified atom stereocenters. The smallest absolute Gasteiger partial charge is 0.162 e. The van der Waals surface area contributed by atoms with Gasteiger partial charge in [0.1, 0.15) is 0 Å². The quantitative estimate of drug-likeness (QED) is 0.467. The Labute approximate surface area is 57.8 Å². The Morgan fingerprint density at radius 1 is 1.60 bits per heavy atom. The second kappa shape index (κ2) is 3.55. The van der Waals surface area contributed by atoms with Crippen molar-refractivity contribution in [2.24, 2.45) is 5.34 Å². The molecule has 1 heterocycles. The molecule has 0 radical (unpaired) electrons. The van der Waals surface area contributed by atoms with Crippen molar-refractivity contribution in [2.45, 2.75) is 6.61 Å². The van der Waals surface area contributed by atoms with E-state index in [2.05, 4.69) is 15.2 Å². The van der Waals surface area contributed by atoms with Gasteiger partial charge in [-0.3, -0.25) is 4.98 Å². The summed E-state index contributed by atoms with van der Waals surface area (Å²) in [7, 11) is 0. The Morgan fingerprint density at radius 3 is 3.10 bits per heavy atom. The molecule has 0 aromatic carbocycles. The van der Waals surface area contributed by atoms with Crippen molar-refractivity contribution in [3.8, 4) is 0 Å². The van der Waals surface area contributed by atoms with Crippen LogP contribution < -0.4 is 0 Å². The Morgan fingerprint density at radius 2 is 2.50 bits per heavy atom. The van der Waals surface area contributed by atoms with Crippen molar-refractivity contribution in [2.75, 3.05) is 0 Å². The van der Waals surface area contributed by atoms with Crippen LogP contribution in [-0.4, -0.2) is 4.98 Å². The summed E-state index contributed by atoms with van der Waals surface area (Å²) in [6.07, 6.45) is 1.63. The first kappa shape index (κ1) is 6.67. The van der Waals surface area contributed by atoms with Crippen LogP contribution in [0.25, 0.3) is 0 Å². The topological polar surface area (TPSA) is 51.5 Å². The molecule has 1 aromatic rings. The van der Waals surface area contributed by atoms with Crippen molar-refractivity contribution in [3.63, 3.8) is 0 Å². The predicted molar refractivity (Wildman–Crippen MR) is 34.8 cm³/mol. The lowest BCUT2D eigenvalue weighted by atomic mass is 10.4. The summed E-state index contributed by atoms with van der Waals surface area (Å²) in [5.74, 6) is 0. The monoisotopic (exact) mass is 138 g/mol. The summed E-state index contributed by atoms with van der Waals surface area (Å²) in [4.78, 5) is 17.6. The standard InChI is InChI=1S/C6H6N2O2/c9-8-10-5-6-3-1-2-4-7-6/h1-4H,5H2. The highest BCUT2D eigenvalue weighted by Gasteiger charge is 1.90. The van der Waals surface area contributed by atoms with Crippen LogP contribution in [-0.2, 0) is 11.4 Å². The molecule has 1 aromatic heterocycles. The summed E-state index contributed by atoms with van der Waals surface area (Å²) in [5, 5.41) is 2.24. The molecule has 0 atom stereocenters. The molecule has 0 spiro atoms. The zero-order chi connectivity index (χ0) is 7.23. The highest BCUT2D eigenvalue weighted by Crippen LogP contribution is 1.94. The van der Waals surface area contributed by atoms with Gasteiger partial charge in [-0.15, -0.1) is 4.91 Å². The minimum atomic E-state index is 0.143. The van der Waals surface area contributed by atoms with E-state index in [-0.39, 0.29) is 6.61 Å². The van der Waals surface area contributed by atoms with Gasteiger partial charge in [0.15, 0.2) is 11.9 Å². The molecule has 10 heavy (non-hydrogen) atoms. The molecule has 4 heteroatoms. The summed E-state index contributed by atoms with van der Waals surface area (Å²) in [5.41, 5.74) is 0.696. The summed E-state index contributed by atoms with van der Waals surface area (Å²) < 4.78 is 0. The summed E-state index contributed by atoms with van der Waals surface area (Å²) in [6, 6.07) is 5.36. The fourth-order valence-corrected chi connectivity index (χ4v) is 0.576. The van der Waals surface area contributed by atoms with Gasteiger partial charge in [-0.05, 0) is 12.1 Å². The van der Waals surface area contributed by atoms with Crippen LogP contribution in [0.4, 0.5) is 0 Å². The van der Waals surface area contributed by atoms with Gasteiger partial charge in [-0.2, -0.15) is 0 Å². The molecule has 0 saturated heterocycles. The fourth-order valence-electron chi connectivity index (χ4n) is 0.576. The maximum atomic E-state index is 9.48. The van der Waals surface area contributed by atoms with Gasteiger partial charge >= 0.3 is 0 Å². The Bertz CT molecular complexity index is 200. The van der Waals surface area contributed by atoms with Crippen LogP contribution in [0.2, 0.25) is 0 Å². The molecule has 0 bridgehead atoms. The summed E-state index contributed by atoms with van der Waals surface area (Å²) in [6.45, 7) is 0.143. The van der Waals surface area contributed by atoms with Crippen molar-refractivity contribution < 1.29 is 4.84 Å².